The van der Waals surface area contributed by atoms with Crippen molar-refractivity contribution in [3.63, 3.8) is 0 Å². The lowest BCUT2D eigenvalue weighted by molar-refractivity contribution is -0.137. The minimum Gasteiger partial charge on any atom is -0.336 e. The van der Waals surface area contributed by atoms with E-state index in [4.69, 9.17) is 4.52 Å². The van der Waals surface area contributed by atoms with Crippen LogP contribution in [0.3, 0.4) is 0 Å². The third-order valence-electron chi connectivity index (χ3n) is 3.63. The summed E-state index contributed by atoms with van der Waals surface area (Å²) >= 11 is 0. The largest absolute Gasteiger partial charge is 0.416 e. The Morgan fingerprint density at radius 3 is 2.50 bits per heavy atom. The number of halogens is 3. The quantitative estimate of drug-likeness (QED) is 0.862. The van der Waals surface area contributed by atoms with Crippen molar-refractivity contribution in [3.8, 4) is 0 Å². The van der Waals surface area contributed by atoms with E-state index in [2.05, 4.69) is 15.5 Å². The molecule has 0 saturated heterocycles. The van der Waals surface area contributed by atoms with Gasteiger partial charge >= 0.3 is 12.2 Å². The van der Waals surface area contributed by atoms with Gasteiger partial charge in [-0.15, -0.1) is 0 Å². The van der Waals surface area contributed by atoms with Crippen molar-refractivity contribution in [2.24, 2.45) is 0 Å². The van der Waals surface area contributed by atoms with E-state index in [0.717, 1.165) is 6.07 Å². The second-order valence-corrected chi connectivity index (χ2v) is 6.10. The van der Waals surface area contributed by atoms with Gasteiger partial charge in [0.2, 0.25) is 0 Å². The number of nitrogens with one attached hydrogen (secondary N) is 1. The van der Waals surface area contributed by atoms with E-state index in [1.165, 1.54) is 12.1 Å². The maximum absolute atomic E-state index is 12.9. The van der Waals surface area contributed by atoms with Gasteiger partial charge in [-0.25, -0.2) is 0 Å². The summed E-state index contributed by atoms with van der Waals surface area (Å²) in [6, 6.07) is 5.31. The Balaban J connectivity index is 2.14. The molecule has 1 N–H and O–H groups in total. The van der Waals surface area contributed by atoms with Crippen molar-refractivity contribution in [2.45, 2.75) is 32.0 Å². The number of likely N-dealkylation sites (N-methyl/N-ethyl adjacent to an activating group) is 1. The molecule has 0 saturated carbocycles. The maximum Gasteiger partial charge on any atom is 0.416 e. The Kier molecular flexibility index (Phi) is 5.48. The predicted molar refractivity (Wildman–Crippen MR) is 84.7 cm³/mol. The highest BCUT2D eigenvalue weighted by molar-refractivity contribution is 5.30. The van der Waals surface area contributed by atoms with Crippen molar-refractivity contribution in [2.75, 3.05) is 26.0 Å². The molecule has 1 atom stereocenters. The van der Waals surface area contributed by atoms with Crippen LogP contribution in [-0.2, 0) is 6.18 Å². The molecule has 0 aliphatic heterocycles. The second kappa shape index (κ2) is 7.21. The van der Waals surface area contributed by atoms with Gasteiger partial charge in [0.15, 0.2) is 5.82 Å². The molecule has 0 aliphatic carbocycles. The highest BCUT2D eigenvalue weighted by Gasteiger charge is 2.31. The summed E-state index contributed by atoms with van der Waals surface area (Å²) in [5, 5.41) is 6.84. The van der Waals surface area contributed by atoms with Crippen LogP contribution in [-0.4, -0.2) is 35.7 Å². The van der Waals surface area contributed by atoms with Gasteiger partial charge in [0, 0.05) is 12.5 Å². The molecular weight excluding hydrogens is 321 g/mol. The molecule has 0 aliphatic rings. The standard InChI is InChI=1S/C16H21F3N4O/c1-10(2)14-21-15(24-22-14)20-9-13(23(3)4)11-6-5-7-12(8-11)16(17,18)19/h5-8,10,13H,9H2,1-4H3,(H,20,21,22). The van der Waals surface area contributed by atoms with Gasteiger partial charge in [0.25, 0.3) is 0 Å². The van der Waals surface area contributed by atoms with Gasteiger partial charge in [-0.3, -0.25) is 0 Å². The summed E-state index contributed by atoms with van der Waals surface area (Å²) in [6.07, 6.45) is -4.36. The summed E-state index contributed by atoms with van der Waals surface area (Å²) in [5.74, 6) is 0.718. The second-order valence-electron chi connectivity index (χ2n) is 6.10. The van der Waals surface area contributed by atoms with Gasteiger partial charge in [-0.2, -0.15) is 18.2 Å². The lowest BCUT2D eigenvalue weighted by Crippen LogP contribution is -2.27. The van der Waals surface area contributed by atoms with Crippen molar-refractivity contribution < 1.29 is 17.7 Å². The predicted octanol–water partition coefficient (Wildman–Crippen LogP) is 3.93. The first-order valence-corrected chi connectivity index (χ1v) is 7.59. The lowest BCUT2D eigenvalue weighted by atomic mass is 10.0. The zero-order valence-corrected chi connectivity index (χ0v) is 14.1. The van der Waals surface area contributed by atoms with Gasteiger partial charge < -0.3 is 14.7 Å². The molecule has 8 heteroatoms. The lowest BCUT2D eigenvalue weighted by Gasteiger charge is -2.25. The number of rotatable bonds is 6. The molecule has 0 spiro atoms. The molecule has 2 aromatic rings. The number of benzene rings is 1. The molecule has 0 amide bonds. The van der Waals surface area contributed by atoms with E-state index in [-0.39, 0.29) is 18.0 Å². The Labute approximate surface area is 138 Å². The Hall–Kier alpha value is -2.09. The number of aromatic nitrogens is 2. The monoisotopic (exact) mass is 342 g/mol. The SMILES string of the molecule is CC(C)c1noc(NCC(c2cccc(C(F)(F)F)c2)N(C)C)n1. The molecule has 2 rings (SSSR count). The molecule has 24 heavy (non-hydrogen) atoms. The fraction of sp³-hybridized carbons (Fsp3) is 0.500. The van der Waals surface area contributed by atoms with Gasteiger partial charge in [-0.05, 0) is 31.8 Å². The van der Waals surface area contributed by atoms with Gasteiger partial charge in [0.1, 0.15) is 0 Å². The molecule has 1 unspecified atom stereocenters. The zero-order valence-electron chi connectivity index (χ0n) is 14.1. The normalized spacial score (nSPS) is 13.5. The van der Waals surface area contributed by atoms with Gasteiger partial charge in [-0.1, -0.05) is 31.1 Å². The third kappa shape index (κ3) is 4.47. The molecule has 0 radical (unpaired) electrons. The molecule has 1 aromatic carbocycles. The topological polar surface area (TPSA) is 54.2 Å². The molecule has 0 bridgehead atoms. The van der Waals surface area contributed by atoms with E-state index in [9.17, 15) is 13.2 Å². The number of hydrogen-bond donors (Lipinski definition) is 1. The van der Waals surface area contributed by atoms with Crippen molar-refractivity contribution in [1.82, 2.24) is 15.0 Å². The summed E-state index contributed by atoms with van der Waals surface area (Å²) in [4.78, 5) is 6.04. The first-order valence-electron chi connectivity index (χ1n) is 7.59. The van der Waals surface area contributed by atoms with E-state index in [0.29, 0.717) is 17.9 Å². The highest BCUT2D eigenvalue weighted by atomic mass is 19.4. The third-order valence-corrected chi connectivity index (χ3v) is 3.63. The summed E-state index contributed by atoms with van der Waals surface area (Å²) in [7, 11) is 3.61. The average Bonchev–Trinajstić information content (AvgIpc) is 2.96. The van der Waals surface area contributed by atoms with Crippen molar-refractivity contribution in [1.29, 1.82) is 0 Å². The van der Waals surface area contributed by atoms with Gasteiger partial charge in [0.05, 0.1) is 11.6 Å². The van der Waals surface area contributed by atoms with Crippen LogP contribution in [0.4, 0.5) is 19.2 Å². The summed E-state index contributed by atoms with van der Waals surface area (Å²) in [6.45, 7) is 4.23. The number of hydrogen-bond acceptors (Lipinski definition) is 5. The first kappa shape index (κ1) is 18.3. The number of anilines is 1. The van der Waals surface area contributed by atoms with Crippen molar-refractivity contribution >= 4 is 6.01 Å². The summed E-state index contributed by atoms with van der Waals surface area (Å²) in [5.41, 5.74) is -0.0994. The molecule has 0 fully saturated rings. The van der Waals surface area contributed by atoms with Crippen LogP contribution in [0.1, 0.15) is 42.8 Å². The van der Waals surface area contributed by atoms with Crippen LogP contribution < -0.4 is 5.32 Å². The fourth-order valence-corrected chi connectivity index (χ4v) is 2.25. The molecule has 1 aromatic heterocycles. The molecule has 1 heterocycles. The van der Waals surface area contributed by atoms with E-state index in [1.807, 2.05) is 18.7 Å². The molecular formula is C16H21F3N4O. The molecule has 5 nitrogen and oxygen atoms in total. The highest BCUT2D eigenvalue weighted by Crippen LogP contribution is 2.31. The number of alkyl halides is 3. The van der Waals surface area contributed by atoms with Crippen LogP contribution in [0.25, 0.3) is 0 Å². The Morgan fingerprint density at radius 2 is 1.96 bits per heavy atom. The van der Waals surface area contributed by atoms with Crippen LogP contribution in [0.2, 0.25) is 0 Å². The van der Waals surface area contributed by atoms with E-state index < -0.39 is 11.7 Å². The first-order chi connectivity index (χ1) is 11.2. The average molecular weight is 342 g/mol. The summed E-state index contributed by atoms with van der Waals surface area (Å²) < 4.78 is 43.8. The minimum atomic E-state index is -4.36. The van der Waals surface area contributed by atoms with Crippen LogP contribution in [0.15, 0.2) is 28.8 Å². The smallest absolute Gasteiger partial charge is 0.336 e. The van der Waals surface area contributed by atoms with E-state index >= 15 is 0 Å². The maximum atomic E-state index is 12.9. The molecule has 132 valence electrons. The van der Waals surface area contributed by atoms with Crippen LogP contribution in [0, 0.1) is 0 Å². The minimum absolute atomic E-state index is 0.136. The Bertz CT molecular complexity index is 667. The van der Waals surface area contributed by atoms with Crippen LogP contribution in [0.5, 0.6) is 0 Å². The Morgan fingerprint density at radius 1 is 1.25 bits per heavy atom. The van der Waals surface area contributed by atoms with Crippen LogP contribution >= 0.6 is 0 Å². The zero-order chi connectivity index (χ0) is 17.9. The van der Waals surface area contributed by atoms with Crippen molar-refractivity contribution in [3.05, 3.63) is 41.2 Å². The fourth-order valence-electron chi connectivity index (χ4n) is 2.25. The number of nitrogens with zero attached hydrogens (tertiary/aromatic N) is 3. The van der Waals surface area contributed by atoms with E-state index in [1.54, 1.807) is 20.2 Å².